The second-order valence-electron chi connectivity index (χ2n) is 6.73. The molecule has 3 N–H and O–H groups in total. The fourth-order valence-corrected chi connectivity index (χ4v) is 3.77. The highest BCUT2D eigenvalue weighted by Crippen LogP contribution is 2.42. The lowest BCUT2D eigenvalue weighted by atomic mass is 9.87. The number of rotatable bonds is 3. The number of nitrogens with one attached hydrogen (secondary N) is 1. The third kappa shape index (κ3) is 3.02. The van der Waals surface area contributed by atoms with E-state index in [1.165, 1.54) is 0 Å². The van der Waals surface area contributed by atoms with E-state index < -0.39 is 0 Å². The highest BCUT2D eigenvalue weighted by atomic mass is 16.6. The lowest BCUT2D eigenvalue weighted by Gasteiger charge is -2.32. The van der Waals surface area contributed by atoms with E-state index in [0.29, 0.717) is 24.5 Å². The molecule has 1 amide bonds. The smallest absolute Gasteiger partial charge is 0.252 e. The average Bonchev–Trinajstić information content (AvgIpc) is 3.11. The fraction of sp³-hybridized carbons (Fsp3) is 0.350. The zero-order chi connectivity index (χ0) is 17.3. The number of carbonyl (C=O) groups excluding carboxylic acids is 1. The van der Waals surface area contributed by atoms with Gasteiger partial charge >= 0.3 is 0 Å². The molecule has 1 heterocycles. The zero-order valence-electron chi connectivity index (χ0n) is 14.1. The monoisotopic (exact) mass is 338 g/mol. The molecule has 1 aliphatic carbocycles. The van der Waals surface area contributed by atoms with Crippen molar-refractivity contribution in [3.63, 3.8) is 0 Å². The Kier molecular flexibility index (Phi) is 3.99. The molecule has 2 aliphatic rings. The number of hydrogen-bond acceptors (Lipinski definition) is 4. The number of nitrogen functional groups attached to an aromatic ring is 1. The van der Waals surface area contributed by atoms with Crippen LogP contribution < -0.4 is 20.5 Å². The van der Waals surface area contributed by atoms with Crippen molar-refractivity contribution in [1.82, 2.24) is 5.32 Å². The Labute approximate surface area is 147 Å². The summed E-state index contributed by atoms with van der Waals surface area (Å²) in [5, 5.41) is 3.27. The van der Waals surface area contributed by atoms with Crippen LogP contribution in [-0.4, -0.2) is 19.1 Å². The van der Waals surface area contributed by atoms with Crippen molar-refractivity contribution in [3.05, 3.63) is 53.6 Å². The summed E-state index contributed by atoms with van der Waals surface area (Å²) in [6.07, 6.45) is 4.01. The maximum absolute atomic E-state index is 12.8. The summed E-state index contributed by atoms with van der Waals surface area (Å²) in [5.41, 5.74) is 7.70. The van der Waals surface area contributed by atoms with Gasteiger partial charge in [-0.15, -0.1) is 0 Å². The first-order valence-corrected chi connectivity index (χ1v) is 8.74. The Balaban J connectivity index is 1.65. The van der Waals surface area contributed by atoms with Crippen molar-refractivity contribution in [1.29, 1.82) is 0 Å². The van der Waals surface area contributed by atoms with Crippen LogP contribution in [0.25, 0.3) is 0 Å². The Hall–Kier alpha value is -2.69. The Morgan fingerprint density at radius 2 is 1.76 bits per heavy atom. The van der Waals surface area contributed by atoms with E-state index in [-0.39, 0.29) is 11.4 Å². The Morgan fingerprint density at radius 3 is 2.52 bits per heavy atom. The number of carbonyl (C=O) groups is 1. The van der Waals surface area contributed by atoms with Gasteiger partial charge in [0.05, 0.1) is 5.54 Å². The summed E-state index contributed by atoms with van der Waals surface area (Å²) in [7, 11) is 0. The number of fused-ring (bicyclic) bond motifs is 1. The normalized spacial score (nSPS) is 17.9. The maximum Gasteiger partial charge on any atom is 0.252 e. The third-order valence-electron chi connectivity index (χ3n) is 5.05. The van der Waals surface area contributed by atoms with Crippen molar-refractivity contribution in [2.75, 3.05) is 18.9 Å². The van der Waals surface area contributed by atoms with E-state index in [0.717, 1.165) is 42.7 Å². The largest absolute Gasteiger partial charge is 0.486 e. The van der Waals surface area contributed by atoms with Gasteiger partial charge in [-0.05, 0) is 48.7 Å². The van der Waals surface area contributed by atoms with Crippen LogP contribution in [0.1, 0.15) is 41.6 Å². The number of benzene rings is 2. The molecule has 4 rings (SSSR count). The van der Waals surface area contributed by atoms with Gasteiger partial charge in [0.25, 0.3) is 5.91 Å². The molecule has 0 bridgehead atoms. The third-order valence-corrected chi connectivity index (χ3v) is 5.05. The van der Waals surface area contributed by atoms with Crippen molar-refractivity contribution >= 4 is 11.6 Å². The van der Waals surface area contributed by atoms with Crippen LogP contribution in [0, 0.1) is 0 Å². The topological polar surface area (TPSA) is 73.6 Å². The fourth-order valence-electron chi connectivity index (χ4n) is 3.77. The summed E-state index contributed by atoms with van der Waals surface area (Å²) in [5.74, 6) is 1.43. The first-order chi connectivity index (χ1) is 12.2. The van der Waals surface area contributed by atoms with Crippen LogP contribution in [0.4, 0.5) is 5.69 Å². The molecule has 0 atom stereocenters. The molecule has 2 aromatic rings. The summed E-state index contributed by atoms with van der Waals surface area (Å²) >= 11 is 0. The molecule has 130 valence electrons. The number of ether oxygens (including phenoxy) is 2. The molecule has 0 radical (unpaired) electrons. The van der Waals surface area contributed by atoms with Gasteiger partial charge < -0.3 is 20.5 Å². The van der Waals surface area contributed by atoms with Crippen molar-refractivity contribution in [2.45, 2.75) is 31.2 Å². The molecule has 5 nitrogen and oxygen atoms in total. The Morgan fingerprint density at radius 1 is 1.00 bits per heavy atom. The molecule has 1 saturated carbocycles. The van der Waals surface area contributed by atoms with Crippen molar-refractivity contribution in [3.8, 4) is 11.5 Å². The molecule has 2 aromatic carbocycles. The van der Waals surface area contributed by atoms with Gasteiger partial charge in [0, 0.05) is 11.3 Å². The van der Waals surface area contributed by atoms with E-state index in [1.54, 1.807) is 24.3 Å². The zero-order valence-corrected chi connectivity index (χ0v) is 14.1. The van der Waals surface area contributed by atoms with Gasteiger partial charge in [-0.25, -0.2) is 0 Å². The second kappa shape index (κ2) is 6.31. The van der Waals surface area contributed by atoms with E-state index in [2.05, 4.69) is 5.32 Å². The lowest BCUT2D eigenvalue weighted by Crippen LogP contribution is -2.43. The first kappa shape index (κ1) is 15.8. The Bertz CT molecular complexity index is 797. The van der Waals surface area contributed by atoms with Gasteiger partial charge in [-0.1, -0.05) is 25.0 Å². The highest BCUT2D eigenvalue weighted by molar-refractivity contribution is 5.95. The van der Waals surface area contributed by atoms with Gasteiger partial charge in [-0.2, -0.15) is 0 Å². The molecular weight excluding hydrogens is 316 g/mol. The quantitative estimate of drug-likeness (QED) is 0.843. The summed E-state index contributed by atoms with van der Waals surface area (Å²) in [6.45, 7) is 1.13. The molecule has 0 aromatic heterocycles. The molecule has 1 aliphatic heterocycles. The number of anilines is 1. The molecule has 0 spiro atoms. The number of nitrogens with two attached hydrogens (primary N) is 1. The average molecular weight is 338 g/mol. The highest BCUT2D eigenvalue weighted by Gasteiger charge is 2.38. The number of hydrogen-bond donors (Lipinski definition) is 2. The van der Waals surface area contributed by atoms with Gasteiger partial charge in [-0.3, -0.25) is 4.79 Å². The molecule has 5 heteroatoms. The summed E-state index contributed by atoms with van der Waals surface area (Å²) in [4.78, 5) is 12.8. The van der Waals surface area contributed by atoms with Crippen molar-refractivity contribution in [2.24, 2.45) is 0 Å². The van der Waals surface area contributed by atoms with Crippen LogP contribution in [-0.2, 0) is 5.54 Å². The lowest BCUT2D eigenvalue weighted by molar-refractivity contribution is 0.0897. The summed E-state index contributed by atoms with van der Waals surface area (Å²) in [6, 6.07) is 13.1. The molecular formula is C20H22N2O3. The SMILES string of the molecule is Nc1cccc(C(=O)NC2(c3ccc4c(c3)OCCO4)CCCC2)c1. The van der Waals surface area contributed by atoms with Gasteiger partial charge in [0.15, 0.2) is 11.5 Å². The van der Waals surface area contributed by atoms with E-state index in [4.69, 9.17) is 15.2 Å². The number of amides is 1. The van der Waals surface area contributed by atoms with Crippen LogP contribution in [0.3, 0.4) is 0 Å². The van der Waals surface area contributed by atoms with E-state index in [1.807, 2.05) is 18.2 Å². The second-order valence-corrected chi connectivity index (χ2v) is 6.73. The van der Waals surface area contributed by atoms with E-state index >= 15 is 0 Å². The predicted molar refractivity (Wildman–Crippen MR) is 95.9 cm³/mol. The van der Waals surface area contributed by atoms with Crippen LogP contribution >= 0.6 is 0 Å². The molecule has 25 heavy (non-hydrogen) atoms. The minimum atomic E-state index is -0.364. The first-order valence-electron chi connectivity index (χ1n) is 8.74. The van der Waals surface area contributed by atoms with Crippen LogP contribution in [0.15, 0.2) is 42.5 Å². The predicted octanol–water partition coefficient (Wildman–Crippen LogP) is 3.24. The molecule has 1 fully saturated rings. The maximum atomic E-state index is 12.8. The minimum Gasteiger partial charge on any atom is -0.486 e. The van der Waals surface area contributed by atoms with Crippen LogP contribution in [0.2, 0.25) is 0 Å². The summed E-state index contributed by atoms with van der Waals surface area (Å²) < 4.78 is 11.3. The standard InChI is InChI=1S/C20H22N2O3/c21-16-5-3-4-14(12-16)19(23)22-20(8-1-2-9-20)15-6-7-17-18(13-15)25-11-10-24-17/h3-7,12-13H,1-2,8-11,21H2,(H,22,23). The van der Waals surface area contributed by atoms with E-state index in [9.17, 15) is 4.79 Å². The molecule has 0 unspecified atom stereocenters. The van der Waals surface area contributed by atoms with Crippen molar-refractivity contribution < 1.29 is 14.3 Å². The van der Waals surface area contributed by atoms with Gasteiger partial charge in [0.1, 0.15) is 13.2 Å². The molecule has 0 saturated heterocycles. The van der Waals surface area contributed by atoms with Gasteiger partial charge in [0.2, 0.25) is 0 Å². The van der Waals surface area contributed by atoms with Crippen LogP contribution in [0.5, 0.6) is 11.5 Å². The minimum absolute atomic E-state index is 0.0934.